The molecule has 128 valence electrons. The molecule has 23 heavy (non-hydrogen) atoms. The summed E-state index contributed by atoms with van der Waals surface area (Å²) in [5, 5.41) is 18.8. The van der Waals surface area contributed by atoms with Crippen LogP contribution in [0.15, 0.2) is 24.3 Å². The molecule has 0 saturated heterocycles. The fourth-order valence-corrected chi connectivity index (χ4v) is 2.34. The average molecular weight is 320 g/mol. The van der Waals surface area contributed by atoms with Gasteiger partial charge in [0.05, 0.1) is 13.2 Å². The lowest BCUT2D eigenvalue weighted by Crippen LogP contribution is -2.12. The Balaban J connectivity index is 2.63. The molecule has 0 heterocycles. The van der Waals surface area contributed by atoms with E-state index in [9.17, 15) is 9.90 Å². The SMILES string of the molecule is CCCCC(CC)COC(=O)/C=C(\C)c1ccc(CO)c(O)c1. The molecule has 1 aromatic rings. The number of hydrogen-bond donors (Lipinski definition) is 2. The Morgan fingerprint density at radius 3 is 2.65 bits per heavy atom. The third-order valence-electron chi connectivity index (χ3n) is 4.05. The fraction of sp³-hybridized carbons (Fsp3) is 0.526. The summed E-state index contributed by atoms with van der Waals surface area (Å²) in [6.45, 7) is 6.30. The molecule has 0 fully saturated rings. The number of rotatable bonds is 9. The van der Waals surface area contributed by atoms with Crippen LogP contribution >= 0.6 is 0 Å². The molecule has 1 unspecified atom stereocenters. The van der Waals surface area contributed by atoms with Crippen molar-refractivity contribution in [2.24, 2.45) is 5.92 Å². The van der Waals surface area contributed by atoms with Crippen molar-refractivity contribution in [3.63, 3.8) is 0 Å². The van der Waals surface area contributed by atoms with Crippen LogP contribution in [-0.2, 0) is 16.1 Å². The molecule has 1 aromatic carbocycles. The number of aliphatic hydroxyl groups is 1. The van der Waals surface area contributed by atoms with Crippen LogP contribution in [0, 0.1) is 5.92 Å². The van der Waals surface area contributed by atoms with E-state index in [1.807, 2.05) is 0 Å². The lowest BCUT2D eigenvalue weighted by atomic mass is 10.0. The monoisotopic (exact) mass is 320 g/mol. The second kappa shape index (κ2) is 10.1. The number of aromatic hydroxyl groups is 1. The number of allylic oxidation sites excluding steroid dienone is 1. The summed E-state index contributed by atoms with van der Waals surface area (Å²) in [6.07, 6.45) is 5.84. The van der Waals surface area contributed by atoms with E-state index in [0.29, 0.717) is 18.1 Å². The lowest BCUT2D eigenvalue weighted by Gasteiger charge is -2.14. The van der Waals surface area contributed by atoms with Crippen molar-refractivity contribution in [3.8, 4) is 5.75 Å². The molecule has 0 radical (unpaired) electrons. The molecular weight excluding hydrogens is 292 g/mol. The molecule has 0 spiro atoms. The third kappa shape index (κ3) is 6.45. The summed E-state index contributed by atoms with van der Waals surface area (Å²) >= 11 is 0. The number of unbranched alkanes of at least 4 members (excludes halogenated alkanes) is 1. The van der Waals surface area contributed by atoms with Gasteiger partial charge in [-0.1, -0.05) is 45.2 Å². The summed E-state index contributed by atoms with van der Waals surface area (Å²) in [5.74, 6) is 0.0837. The highest BCUT2D eigenvalue weighted by atomic mass is 16.5. The van der Waals surface area contributed by atoms with Gasteiger partial charge in [-0.3, -0.25) is 0 Å². The van der Waals surface area contributed by atoms with E-state index in [4.69, 9.17) is 9.84 Å². The van der Waals surface area contributed by atoms with E-state index >= 15 is 0 Å². The van der Waals surface area contributed by atoms with Crippen LogP contribution in [0.5, 0.6) is 5.75 Å². The number of aliphatic hydroxyl groups excluding tert-OH is 1. The predicted octanol–water partition coefficient (Wildman–Crippen LogP) is 4.05. The molecule has 0 saturated carbocycles. The molecule has 0 aliphatic rings. The van der Waals surface area contributed by atoms with E-state index in [0.717, 1.165) is 36.8 Å². The largest absolute Gasteiger partial charge is 0.508 e. The second-order valence-corrected chi connectivity index (χ2v) is 5.88. The van der Waals surface area contributed by atoms with Gasteiger partial charge < -0.3 is 14.9 Å². The zero-order valence-corrected chi connectivity index (χ0v) is 14.3. The van der Waals surface area contributed by atoms with Gasteiger partial charge in [-0.25, -0.2) is 4.79 Å². The number of esters is 1. The average Bonchev–Trinajstić information content (AvgIpc) is 2.54. The number of carbonyl (C=O) groups excluding carboxylic acids is 1. The van der Waals surface area contributed by atoms with Crippen molar-refractivity contribution in [2.75, 3.05) is 6.61 Å². The molecule has 1 rings (SSSR count). The molecule has 0 aliphatic heterocycles. The Morgan fingerprint density at radius 2 is 2.09 bits per heavy atom. The number of ether oxygens (including phenoxy) is 1. The van der Waals surface area contributed by atoms with Crippen molar-refractivity contribution >= 4 is 11.5 Å². The zero-order chi connectivity index (χ0) is 17.2. The minimum absolute atomic E-state index is 0.0247. The maximum Gasteiger partial charge on any atom is 0.331 e. The van der Waals surface area contributed by atoms with Crippen LogP contribution in [0.3, 0.4) is 0 Å². The highest BCUT2D eigenvalue weighted by Crippen LogP contribution is 2.23. The Labute approximate surface area is 138 Å². The molecule has 0 amide bonds. The predicted molar refractivity (Wildman–Crippen MR) is 91.9 cm³/mol. The first-order chi connectivity index (χ1) is 11.0. The van der Waals surface area contributed by atoms with Crippen molar-refractivity contribution in [3.05, 3.63) is 35.4 Å². The van der Waals surface area contributed by atoms with Crippen LogP contribution in [0.25, 0.3) is 5.57 Å². The first-order valence-electron chi connectivity index (χ1n) is 8.29. The summed E-state index contributed by atoms with van der Waals surface area (Å²) < 4.78 is 5.34. The van der Waals surface area contributed by atoms with E-state index in [1.165, 1.54) is 6.08 Å². The summed E-state index contributed by atoms with van der Waals surface area (Å²) in [5.41, 5.74) is 1.91. The Morgan fingerprint density at radius 1 is 1.35 bits per heavy atom. The standard InChI is InChI=1S/C19H28O4/c1-4-6-7-15(5-2)13-23-19(22)10-14(3)16-8-9-17(12-20)18(21)11-16/h8-11,15,20-21H,4-7,12-13H2,1-3H3/b14-10+. The number of benzene rings is 1. The number of phenols is 1. The second-order valence-electron chi connectivity index (χ2n) is 5.88. The number of hydrogen-bond acceptors (Lipinski definition) is 4. The van der Waals surface area contributed by atoms with Crippen LogP contribution < -0.4 is 0 Å². The minimum Gasteiger partial charge on any atom is -0.508 e. The quantitative estimate of drug-likeness (QED) is 0.532. The fourth-order valence-electron chi connectivity index (χ4n) is 2.34. The van der Waals surface area contributed by atoms with Crippen molar-refractivity contribution in [1.29, 1.82) is 0 Å². The minimum atomic E-state index is -0.358. The van der Waals surface area contributed by atoms with Gasteiger partial charge in [-0.15, -0.1) is 0 Å². The van der Waals surface area contributed by atoms with Crippen LogP contribution in [0.4, 0.5) is 0 Å². The Hall–Kier alpha value is -1.81. The maximum atomic E-state index is 11.9. The Kier molecular flexibility index (Phi) is 8.41. The van der Waals surface area contributed by atoms with E-state index in [2.05, 4.69) is 13.8 Å². The van der Waals surface area contributed by atoms with Gasteiger partial charge in [-0.05, 0) is 36.5 Å². The Bertz CT molecular complexity index is 534. The highest BCUT2D eigenvalue weighted by Gasteiger charge is 2.10. The van der Waals surface area contributed by atoms with Crippen molar-refractivity contribution in [1.82, 2.24) is 0 Å². The smallest absolute Gasteiger partial charge is 0.331 e. The molecule has 4 heteroatoms. The number of carbonyl (C=O) groups is 1. The maximum absolute atomic E-state index is 11.9. The van der Waals surface area contributed by atoms with Gasteiger partial charge in [0.25, 0.3) is 0 Å². The van der Waals surface area contributed by atoms with Gasteiger partial charge in [0.15, 0.2) is 0 Å². The van der Waals surface area contributed by atoms with Crippen molar-refractivity contribution < 1.29 is 19.7 Å². The summed E-state index contributed by atoms with van der Waals surface area (Å²) in [6, 6.07) is 4.95. The molecule has 0 bridgehead atoms. The van der Waals surface area contributed by atoms with Crippen LogP contribution in [-0.4, -0.2) is 22.8 Å². The summed E-state index contributed by atoms with van der Waals surface area (Å²) in [7, 11) is 0. The van der Waals surface area contributed by atoms with Crippen LogP contribution in [0.1, 0.15) is 57.6 Å². The van der Waals surface area contributed by atoms with Crippen LogP contribution in [0.2, 0.25) is 0 Å². The molecule has 1 atom stereocenters. The van der Waals surface area contributed by atoms with Gasteiger partial charge in [0.2, 0.25) is 0 Å². The molecule has 0 aliphatic carbocycles. The van der Waals surface area contributed by atoms with Gasteiger partial charge in [0.1, 0.15) is 5.75 Å². The van der Waals surface area contributed by atoms with Gasteiger partial charge in [-0.2, -0.15) is 0 Å². The van der Waals surface area contributed by atoms with Gasteiger partial charge in [0, 0.05) is 11.6 Å². The molecule has 0 aromatic heterocycles. The van der Waals surface area contributed by atoms with Crippen molar-refractivity contribution in [2.45, 2.75) is 53.1 Å². The molecule has 4 nitrogen and oxygen atoms in total. The van der Waals surface area contributed by atoms with E-state index in [1.54, 1.807) is 25.1 Å². The van der Waals surface area contributed by atoms with E-state index in [-0.39, 0.29) is 18.3 Å². The first-order valence-corrected chi connectivity index (χ1v) is 8.29. The first kappa shape index (κ1) is 19.2. The van der Waals surface area contributed by atoms with E-state index < -0.39 is 0 Å². The topological polar surface area (TPSA) is 66.8 Å². The normalized spacial score (nSPS) is 13.0. The highest BCUT2D eigenvalue weighted by molar-refractivity contribution is 5.91. The summed E-state index contributed by atoms with van der Waals surface area (Å²) in [4.78, 5) is 11.9. The van der Waals surface area contributed by atoms with Gasteiger partial charge >= 0.3 is 5.97 Å². The molecule has 2 N–H and O–H groups in total. The zero-order valence-electron chi connectivity index (χ0n) is 14.3. The molecular formula is C19H28O4. The third-order valence-corrected chi connectivity index (χ3v) is 4.05. The lowest BCUT2D eigenvalue weighted by molar-refractivity contribution is -0.139.